The van der Waals surface area contributed by atoms with Crippen LogP contribution in [0.25, 0.3) is 0 Å². The maximum absolute atomic E-state index is 2.55. The van der Waals surface area contributed by atoms with E-state index in [2.05, 4.69) is 44.9 Å². The number of rotatable bonds is 0. The first kappa shape index (κ1) is 12.9. The molecule has 0 saturated heterocycles. The summed E-state index contributed by atoms with van der Waals surface area (Å²) in [4.78, 5) is 2.55. The average Bonchev–Trinajstić information content (AvgIpc) is 3.13. The fourth-order valence-corrected chi connectivity index (χ4v) is 4.57. The Kier molecular flexibility index (Phi) is 2.50. The molecule has 1 aromatic rings. The maximum atomic E-state index is 2.55. The van der Waals surface area contributed by atoms with Gasteiger partial charge in [-0.15, -0.1) is 0 Å². The molecule has 1 spiro atoms. The summed E-state index contributed by atoms with van der Waals surface area (Å²) in [6.07, 6.45) is 5.72. The zero-order valence-corrected chi connectivity index (χ0v) is 13.4. The highest BCUT2D eigenvalue weighted by Gasteiger charge is 2.53. The lowest BCUT2D eigenvalue weighted by atomic mass is 9.68. The fourth-order valence-electron chi connectivity index (χ4n) is 4.57. The van der Waals surface area contributed by atoms with Crippen molar-refractivity contribution in [3.8, 4) is 0 Å². The highest BCUT2D eigenvalue weighted by Crippen LogP contribution is 2.63. The summed E-state index contributed by atoms with van der Waals surface area (Å²) in [5, 5.41) is 0. The number of hydrogen-bond donors (Lipinski definition) is 0. The van der Waals surface area contributed by atoms with Gasteiger partial charge in [0, 0.05) is 19.0 Å². The van der Waals surface area contributed by atoms with Gasteiger partial charge in [0.15, 0.2) is 0 Å². The van der Waals surface area contributed by atoms with Crippen LogP contribution in [-0.4, -0.2) is 18.5 Å². The molecule has 1 aliphatic heterocycles. The van der Waals surface area contributed by atoms with Gasteiger partial charge in [-0.2, -0.15) is 0 Å². The lowest BCUT2D eigenvalue weighted by molar-refractivity contribution is 0.211. The fraction of sp³-hybridized carbons (Fsp3) is 0.684. The van der Waals surface area contributed by atoms with Crippen LogP contribution in [0.3, 0.4) is 0 Å². The van der Waals surface area contributed by atoms with E-state index in [0.29, 0.717) is 5.41 Å². The first-order chi connectivity index (χ1) is 9.39. The predicted octanol–water partition coefficient (Wildman–Crippen LogP) is 4.24. The number of likely N-dealkylation sites (N-methyl/N-ethyl adjacent to an activating group) is 1. The van der Waals surface area contributed by atoms with Crippen LogP contribution in [0.5, 0.6) is 0 Å². The van der Waals surface area contributed by atoms with E-state index < -0.39 is 0 Å². The second-order valence-electron chi connectivity index (χ2n) is 8.57. The van der Waals surface area contributed by atoms with Crippen LogP contribution in [0.2, 0.25) is 0 Å². The summed E-state index contributed by atoms with van der Waals surface area (Å²) in [6, 6.07) is 5.05. The van der Waals surface area contributed by atoms with Crippen LogP contribution >= 0.6 is 0 Å². The summed E-state index contributed by atoms with van der Waals surface area (Å²) >= 11 is 0. The van der Waals surface area contributed by atoms with E-state index in [1.54, 1.807) is 16.7 Å². The summed E-state index contributed by atoms with van der Waals surface area (Å²) in [7, 11) is 2.30. The molecule has 4 rings (SSSR count). The van der Waals surface area contributed by atoms with Crippen molar-refractivity contribution >= 4 is 0 Å². The van der Waals surface area contributed by atoms with Crippen molar-refractivity contribution in [2.45, 2.75) is 64.3 Å². The molecule has 1 nitrogen and oxygen atoms in total. The molecule has 0 radical (unpaired) electrons. The highest BCUT2D eigenvalue weighted by atomic mass is 15.1. The smallest absolute Gasteiger partial charge is 0.0233 e. The lowest BCUT2D eigenvalue weighted by Gasteiger charge is -2.43. The van der Waals surface area contributed by atoms with E-state index in [9.17, 15) is 0 Å². The van der Waals surface area contributed by atoms with Gasteiger partial charge in [0.25, 0.3) is 0 Å². The Morgan fingerprint density at radius 1 is 1.10 bits per heavy atom. The molecular formula is C19H27N. The molecule has 1 unspecified atom stereocenters. The van der Waals surface area contributed by atoms with Crippen molar-refractivity contribution in [3.05, 3.63) is 34.4 Å². The van der Waals surface area contributed by atoms with E-state index >= 15 is 0 Å². The minimum absolute atomic E-state index is 0.270. The molecule has 1 saturated carbocycles. The minimum Gasteiger partial charge on any atom is -0.301 e. The number of nitrogens with zero attached hydrogens (tertiary/aromatic N) is 1. The molecule has 108 valence electrons. The van der Waals surface area contributed by atoms with Crippen LogP contribution in [-0.2, 0) is 18.4 Å². The largest absolute Gasteiger partial charge is 0.301 e. The minimum atomic E-state index is 0.270. The monoisotopic (exact) mass is 269 g/mol. The Bertz CT molecular complexity index is 560. The van der Waals surface area contributed by atoms with Gasteiger partial charge in [-0.25, -0.2) is 0 Å². The van der Waals surface area contributed by atoms with E-state index in [1.165, 1.54) is 37.8 Å². The van der Waals surface area contributed by atoms with Crippen molar-refractivity contribution in [2.75, 3.05) is 13.6 Å². The lowest BCUT2D eigenvalue weighted by Crippen LogP contribution is -2.38. The number of benzene rings is 1. The molecule has 0 bridgehead atoms. The topological polar surface area (TPSA) is 3.24 Å². The Morgan fingerprint density at radius 2 is 1.80 bits per heavy atom. The quantitative estimate of drug-likeness (QED) is 0.681. The van der Waals surface area contributed by atoms with Crippen molar-refractivity contribution < 1.29 is 0 Å². The molecule has 0 aromatic heterocycles. The van der Waals surface area contributed by atoms with Gasteiger partial charge < -0.3 is 4.90 Å². The van der Waals surface area contributed by atoms with Crippen LogP contribution < -0.4 is 0 Å². The first-order valence-electron chi connectivity index (χ1n) is 8.24. The van der Waals surface area contributed by atoms with Gasteiger partial charge >= 0.3 is 0 Å². The Labute approximate surface area is 123 Å². The van der Waals surface area contributed by atoms with Crippen LogP contribution in [0.4, 0.5) is 0 Å². The van der Waals surface area contributed by atoms with E-state index in [4.69, 9.17) is 0 Å². The van der Waals surface area contributed by atoms with Crippen molar-refractivity contribution in [1.29, 1.82) is 0 Å². The molecule has 1 aromatic carbocycles. The molecular weight excluding hydrogens is 242 g/mol. The highest BCUT2D eigenvalue weighted by molar-refractivity contribution is 5.48. The van der Waals surface area contributed by atoms with Gasteiger partial charge in [0.1, 0.15) is 0 Å². The molecule has 0 amide bonds. The third-order valence-corrected chi connectivity index (χ3v) is 6.02. The van der Waals surface area contributed by atoms with Gasteiger partial charge in [-0.05, 0) is 65.8 Å². The normalized spacial score (nSPS) is 27.5. The van der Waals surface area contributed by atoms with E-state index in [0.717, 1.165) is 12.5 Å². The predicted molar refractivity (Wildman–Crippen MR) is 84.2 cm³/mol. The standard InChI is InChI=1S/C19H27N/c1-18(2,3)15-9-13-5-6-19(7-8-19)16-12-20(4)11-14(10-15)17(13)16/h9-10,16H,5-8,11-12H2,1-4H3. The zero-order valence-electron chi connectivity index (χ0n) is 13.4. The molecule has 1 atom stereocenters. The second-order valence-corrected chi connectivity index (χ2v) is 8.57. The summed E-state index contributed by atoms with van der Waals surface area (Å²) in [6.45, 7) is 9.47. The van der Waals surface area contributed by atoms with Gasteiger partial charge in [-0.3, -0.25) is 0 Å². The molecule has 20 heavy (non-hydrogen) atoms. The van der Waals surface area contributed by atoms with Crippen LogP contribution in [0, 0.1) is 5.41 Å². The van der Waals surface area contributed by atoms with E-state index in [1.807, 2.05) is 0 Å². The first-order valence-corrected chi connectivity index (χ1v) is 8.24. The third kappa shape index (κ3) is 1.79. The Balaban J connectivity index is 1.88. The molecule has 1 fully saturated rings. The third-order valence-electron chi connectivity index (χ3n) is 6.02. The van der Waals surface area contributed by atoms with Gasteiger partial charge in [-0.1, -0.05) is 32.9 Å². The number of hydrogen-bond acceptors (Lipinski definition) is 1. The SMILES string of the molecule is CN1Cc2cc(C(C)(C)C)cc3c2C(C1)C1(CC3)CC1. The van der Waals surface area contributed by atoms with Gasteiger partial charge in [0.2, 0.25) is 0 Å². The molecule has 1 heterocycles. The summed E-state index contributed by atoms with van der Waals surface area (Å²) < 4.78 is 0. The van der Waals surface area contributed by atoms with Crippen molar-refractivity contribution in [2.24, 2.45) is 5.41 Å². The van der Waals surface area contributed by atoms with Crippen molar-refractivity contribution in [3.63, 3.8) is 0 Å². The maximum Gasteiger partial charge on any atom is 0.0233 e. The van der Waals surface area contributed by atoms with Crippen LogP contribution in [0.15, 0.2) is 12.1 Å². The zero-order chi connectivity index (χ0) is 14.1. The second kappa shape index (κ2) is 3.88. The van der Waals surface area contributed by atoms with E-state index in [-0.39, 0.29) is 5.41 Å². The average molecular weight is 269 g/mol. The Morgan fingerprint density at radius 3 is 2.45 bits per heavy atom. The number of fused-ring (bicyclic) bond motifs is 1. The van der Waals surface area contributed by atoms with Gasteiger partial charge in [0.05, 0.1) is 0 Å². The van der Waals surface area contributed by atoms with Crippen molar-refractivity contribution in [1.82, 2.24) is 4.90 Å². The number of aryl methyl sites for hydroxylation is 1. The molecule has 1 heteroatoms. The molecule has 3 aliphatic rings. The summed E-state index contributed by atoms with van der Waals surface area (Å²) in [5.41, 5.74) is 7.58. The van der Waals surface area contributed by atoms with Crippen LogP contribution in [0.1, 0.15) is 68.2 Å². The Hall–Kier alpha value is -0.820. The molecule has 2 aliphatic carbocycles. The summed E-state index contributed by atoms with van der Waals surface area (Å²) in [5.74, 6) is 0.828. The molecule has 0 N–H and O–H groups in total.